The van der Waals surface area contributed by atoms with Crippen molar-refractivity contribution in [1.82, 2.24) is 0 Å². The molecule has 2 heterocycles. The minimum absolute atomic E-state index is 0.165. The van der Waals surface area contributed by atoms with E-state index in [2.05, 4.69) is 0 Å². The molecule has 13 heavy (non-hydrogen) atoms. The molecule has 0 saturated carbocycles. The zero-order valence-electron chi connectivity index (χ0n) is 7.49. The van der Waals surface area contributed by atoms with Crippen LogP contribution in [-0.4, -0.2) is 37.0 Å². The first-order valence-corrected chi connectivity index (χ1v) is 4.66. The molecule has 2 aliphatic heterocycles. The van der Waals surface area contributed by atoms with Crippen LogP contribution in [0.5, 0.6) is 0 Å². The molecule has 0 bridgehead atoms. The van der Waals surface area contributed by atoms with Crippen molar-refractivity contribution < 1.29 is 19.4 Å². The Balaban J connectivity index is 2.02. The van der Waals surface area contributed by atoms with E-state index in [1.165, 1.54) is 0 Å². The summed E-state index contributed by atoms with van der Waals surface area (Å²) in [6.07, 6.45) is 2.35. The summed E-state index contributed by atoms with van der Waals surface area (Å²) in [7, 11) is 0. The Morgan fingerprint density at radius 3 is 2.85 bits per heavy atom. The lowest BCUT2D eigenvalue weighted by molar-refractivity contribution is -0.158. The van der Waals surface area contributed by atoms with E-state index < -0.39 is 11.4 Å². The van der Waals surface area contributed by atoms with Gasteiger partial charge < -0.3 is 14.6 Å². The Kier molecular flexibility index (Phi) is 2.26. The minimum atomic E-state index is -0.734. The van der Waals surface area contributed by atoms with Crippen molar-refractivity contribution in [2.75, 3.05) is 19.8 Å². The highest BCUT2D eigenvalue weighted by molar-refractivity contribution is 5.75. The van der Waals surface area contributed by atoms with Crippen molar-refractivity contribution in [3.05, 3.63) is 0 Å². The standard InChI is InChI=1S/C9H14O4/c10-8(11)9(4-7-5-13-7)2-1-3-12-6-9/h7H,1-6H2,(H,10,11)/t7-,9+/m0/s1. The Bertz CT molecular complexity index is 204. The quantitative estimate of drug-likeness (QED) is 0.658. The highest BCUT2D eigenvalue weighted by Gasteiger charge is 2.45. The predicted octanol–water partition coefficient (Wildman–Crippen LogP) is 0.657. The van der Waals surface area contributed by atoms with Crippen LogP contribution in [0.4, 0.5) is 0 Å². The first-order chi connectivity index (χ1) is 6.23. The maximum Gasteiger partial charge on any atom is 0.312 e. The molecule has 0 radical (unpaired) electrons. The summed E-state index contributed by atoms with van der Waals surface area (Å²) in [5, 5.41) is 9.13. The summed E-state index contributed by atoms with van der Waals surface area (Å²) in [5.74, 6) is -0.734. The number of epoxide rings is 1. The van der Waals surface area contributed by atoms with E-state index in [1.807, 2.05) is 0 Å². The second-order valence-corrected chi connectivity index (χ2v) is 3.90. The van der Waals surface area contributed by atoms with Crippen LogP contribution >= 0.6 is 0 Å². The number of hydrogen-bond donors (Lipinski definition) is 1. The molecule has 0 aromatic carbocycles. The van der Waals surface area contributed by atoms with Crippen molar-refractivity contribution in [3.8, 4) is 0 Å². The second kappa shape index (κ2) is 3.27. The summed E-state index contributed by atoms with van der Waals surface area (Å²) in [4.78, 5) is 11.1. The van der Waals surface area contributed by atoms with Crippen LogP contribution in [0.2, 0.25) is 0 Å². The van der Waals surface area contributed by atoms with Gasteiger partial charge in [-0.3, -0.25) is 4.79 Å². The molecule has 0 spiro atoms. The van der Waals surface area contributed by atoms with Gasteiger partial charge in [-0.25, -0.2) is 0 Å². The second-order valence-electron chi connectivity index (χ2n) is 3.90. The summed E-state index contributed by atoms with van der Waals surface area (Å²) < 4.78 is 10.3. The number of aliphatic carboxylic acids is 1. The van der Waals surface area contributed by atoms with E-state index >= 15 is 0 Å². The Morgan fingerprint density at radius 2 is 2.38 bits per heavy atom. The zero-order chi connectivity index (χ0) is 9.31. The third kappa shape index (κ3) is 1.84. The molecule has 2 fully saturated rings. The largest absolute Gasteiger partial charge is 0.481 e. The van der Waals surface area contributed by atoms with Gasteiger partial charge >= 0.3 is 5.97 Å². The number of hydrogen-bond acceptors (Lipinski definition) is 3. The number of rotatable bonds is 3. The molecule has 2 rings (SSSR count). The molecule has 0 aromatic heterocycles. The Morgan fingerprint density at radius 1 is 1.62 bits per heavy atom. The van der Waals surface area contributed by atoms with Crippen molar-refractivity contribution >= 4 is 5.97 Å². The lowest BCUT2D eigenvalue weighted by atomic mass is 9.78. The summed E-state index contributed by atoms with van der Waals surface area (Å²) >= 11 is 0. The van der Waals surface area contributed by atoms with Gasteiger partial charge in [0.25, 0.3) is 0 Å². The van der Waals surface area contributed by atoms with Gasteiger partial charge in [0.2, 0.25) is 0 Å². The van der Waals surface area contributed by atoms with Gasteiger partial charge in [-0.2, -0.15) is 0 Å². The van der Waals surface area contributed by atoms with E-state index in [0.29, 0.717) is 19.6 Å². The van der Waals surface area contributed by atoms with E-state index in [-0.39, 0.29) is 6.10 Å². The topological polar surface area (TPSA) is 59.1 Å². The van der Waals surface area contributed by atoms with Crippen molar-refractivity contribution in [2.45, 2.75) is 25.4 Å². The normalized spacial score (nSPS) is 38.6. The Hall–Kier alpha value is -0.610. The Labute approximate surface area is 76.8 Å². The maximum atomic E-state index is 11.1. The summed E-state index contributed by atoms with van der Waals surface area (Å²) in [6, 6.07) is 0. The van der Waals surface area contributed by atoms with Gasteiger partial charge in [0.15, 0.2) is 0 Å². The van der Waals surface area contributed by atoms with Crippen LogP contribution in [0.25, 0.3) is 0 Å². The highest BCUT2D eigenvalue weighted by atomic mass is 16.6. The molecule has 2 saturated heterocycles. The van der Waals surface area contributed by atoms with Crippen LogP contribution in [0.3, 0.4) is 0 Å². The van der Waals surface area contributed by atoms with Gasteiger partial charge in [0, 0.05) is 6.61 Å². The van der Waals surface area contributed by atoms with Gasteiger partial charge in [-0.1, -0.05) is 0 Å². The SMILES string of the molecule is O=C(O)[C@@]1(C[C@H]2CO2)CCCOC1. The molecule has 1 N–H and O–H groups in total. The molecule has 2 atom stereocenters. The summed E-state index contributed by atoms with van der Waals surface area (Å²) in [5.41, 5.74) is -0.667. The monoisotopic (exact) mass is 186 g/mol. The minimum Gasteiger partial charge on any atom is -0.481 e. The van der Waals surface area contributed by atoms with Gasteiger partial charge in [-0.05, 0) is 19.3 Å². The summed E-state index contributed by atoms with van der Waals surface area (Å²) in [6.45, 7) is 1.76. The fraction of sp³-hybridized carbons (Fsp3) is 0.889. The average molecular weight is 186 g/mol. The first kappa shape index (κ1) is 8.97. The molecule has 0 aliphatic carbocycles. The molecule has 0 amide bonds. The van der Waals surface area contributed by atoms with Gasteiger partial charge in [0.1, 0.15) is 0 Å². The highest BCUT2D eigenvalue weighted by Crippen LogP contribution is 2.37. The molecule has 4 nitrogen and oxygen atoms in total. The van der Waals surface area contributed by atoms with Crippen molar-refractivity contribution in [1.29, 1.82) is 0 Å². The third-order valence-corrected chi connectivity index (χ3v) is 2.80. The maximum absolute atomic E-state index is 11.1. The van der Waals surface area contributed by atoms with Crippen LogP contribution < -0.4 is 0 Å². The fourth-order valence-electron chi connectivity index (χ4n) is 1.89. The molecular weight excluding hydrogens is 172 g/mol. The van der Waals surface area contributed by atoms with Crippen LogP contribution in [0.1, 0.15) is 19.3 Å². The van der Waals surface area contributed by atoms with E-state index in [0.717, 1.165) is 19.4 Å². The third-order valence-electron chi connectivity index (χ3n) is 2.80. The van der Waals surface area contributed by atoms with Gasteiger partial charge in [-0.15, -0.1) is 0 Å². The van der Waals surface area contributed by atoms with Crippen molar-refractivity contribution in [2.24, 2.45) is 5.41 Å². The fourth-order valence-corrected chi connectivity index (χ4v) is 1.89. The van der Waals surface area contributed by atoms with E-state index in [9.17, 15) is 4.79 Å². The number of carboxylic acids is 1. The molecule has 2 aliphatic rings. The zero-order valence-corrected chi connectivity index (χ0v) is 7.49. The van der Waals surface area contributed by atoms with E-state index in [4.69, 9.17) is 14.6 Å². The molecular formula is C9H14O4. The van der Waals surface area contributed by atoms with Crippen molar-refractivity contribution in [3.63, 3.8) is 0 Å². The lowest BCUT2D eigenvalue weighted by Crippen LogP contribution is -2.40. The molecule has 0 aromatic rings. The first-order valence-electron chi connectivity index (χ1n) is 4.66. The smallest absolute Gasteiger partial charge is 0.312 e. The van der Waals surface area contributed by atoms with Crippen LogP contribution in [0.15, 0.2) is 0 Å². The number of carboxylic acid groups (broad SMARTS) is 1. The van der Waals surface area contributed by atoms with Crippen LogP contribution in [0, 0.1) is 5.41 Å². The predicted molar refractivity (Wildman–Crippen MR) is 44.5 cm³/mol. The van der Waals surface area contributed by atoms with Crippen LogP contribution in [-0.2, 0) is 14.3 Å². The number of ether oxygens (including phenoxy) is 2. The number of carbonyl (C=O) groups is 1. The lowest BCUT2D eigenvalue weighted by Gasteiger charge is -2.32. The average Bonchev–Trinajstić information content (AvgIpc) is 2.90. The molecule has 0 unspecified atom stereocenters. The molecule has 74 valence electrons. The molecule has 4 heteroatoms. The van der Waals surface area contributed by atoms with Gasteiger partial charge in [0.05, 0.1) is 24.7 Å². The van der Waals surface area contributed by atoms with E-state index in [1.54, 1.807) is 0 Å².